The monoisotopic (exact) mass is 226 g/mol. The first-order valence-corrected chi connectivity index (χ1v) is 6.07. The number of aromatic nitrogens is 1. The number of nitrogens with two attached hydrogens (primary N) is 1. The van der Waals surface area contributed by atoms with Gasteiger partial charge < -0.3 is 5.73 Å². The minimum atomic E-state index is 0.714. The van der Waals surface area contributed by atoms with Crippen LogP contribution in [0.2, 0.25) is 0 Å². The standard InChI is InChI=1S/C15H18N2/c1-3-11-5-6-12(4-2)15(7-11)13-8-14(16)10-17-9-13/h5-10H,3-4,16H2,1-2H3. The predicted molar refractivity (Wildman–Crippen MR) is 72.8 cm³/mol. The summed E-state index contributed by atoms with van der Waals surface area (Å²) in [4.78, 5) is 4.17. The zero-order chi connectivity index (χ0) is 12.3. The zero-order valence-electron chi connectivity index (χ0n) is 10.4. The first-order valence-electron chi connectivity index (χ1n) is 6.07. The Labute approximate surface area is 103 Å². The second-order valence-corrected chi connectivity index (χ2v) is 4.21. The van der Waals surface area contributed by atoms with Crippen LogP contribution in [0.25, 0.3) is 11.1 Å². The number of aryl methyl sites for hydroxylation is 2. The molecule has 0 unspecified atom stereocenters. The lowest BCUT2D eigenvalue weighted by Gasteiger charge is -2.10. The van der Waals surface area contributed by atoms with E-state index >= 15 is 0 Å². The van der Waals surface area contributed by atoms with Gasteiger partial charge in [0.25, 0.3) is 0 Å². The molecule has 0 bridgehead atoms. The van der Waals surface area contributed by atoms with E-state index in [1.165, 1.54) is 16.7 Å². The molecule has 17 heavy (non-hydrogen) atoms. The molecule has 2 aromatic rings. The molecule has 1 aromatic carbocycles. The summed E-state index contributed by atoms with van der Waals surface area (Å²) in [7, 11) is 0. The van der Waals surface area contributed by atoms with Gasteiger partial charge in [0.15, 0.2) is 0 Å². The molecule has 0 spiro atoms. The van der Waals surface area contributed by atoms with Crippen LogP contribution in [-0.4, -0.2) is 4.98 Å². The third kappa shape index (κ3) is 2.47. The van der Waals surface area contributed by atoms with E-state index in [1.807, 2.05) is 12.3 Å². The van der Waals surface area contributed by atoms with E-state index in [2.05, 4.69) is 37.0 Å². The van der Waals surface area contributed by atoms with E-state index in [0.29, 0.717) is 5.69 Å². The molecular weight excluding hydrogens is 208 g/mol. The number of anilines is 1. The Morgan fingerprint density at radius 2 is 1.88 bits per heavy atom. The van der Waals surface area contributed by atoms with E-state index in [9.17, 15) is 0 Å². The van der Waals surface area contributed by atoms with Crippen LogP contribution >= 0.6 is 0 Å². The Hall–Kier alpha value is -1.83. The summed E-state index contributed by atoms with van der Waals surface area (Å²) in [6, 6.07) is 8.63. The summed E-state index contributed by atoms with van der Waals surface area (Å²) in [5, 5.41) is 0. The lowest BCUT2D eigenvalue weighted by atomic mass is 9.96. The average Bonchev–Trinajstić information content (AvgIpc) is 2.38. The van der Waals surface area contributed by atoms with Crippen molar-refractivity contribution in [3.8, 4) is 11.1 Å². The molecule has 2 N–H and O–H groups in total. The van der Waals surface area contributed by atoms with Crippen LogP contribution in [-0.2, 0) is 12.8 Å². The molecule has 1 aromatic heterocycles. The third-order valence-corrected chi connectivity index (χ3v) is 3.03. The molecule has 0 aliphatic rings. The van der Waals surface area contributed by atoms with Crippen LogP contribution in [0, 0.1) is 0 Å². The fourth-order valence-electron chi connectivity index (χ4n) is 2.03. The number of hydrogen-bond acceptors (Lipinski definition) is 2. The number of nitrogens with zero attached hydrogens (tertiary/aromatic N) is 1. The summed E-state index contributed by atoms with van der Waals surface area (Å²) < 4.78 is 0. The van der Waals surface area contributed by atoms with Crippen LogP contribution < -0.4 is 5.73 Å². The van der Waals surface area contributed by atoms with Crippen molar-refractivity contribution in [1.82, 2.24) is 4.98 Å². The van der Waals surface area contributed by atoms with Gasteiger partial charge in [-0.3, -0.25) is 4.98 Å². The van der Waals surface area contributed by atoms with Gasteiger partial charge in [-0.1, -0.05) is 32.0 Å². The van der Waals surface area contributed by atoms with Crippen LogP contribution in [0.3, 0.4) is 0 Å². The number of hydrogen-bond donors (Lipinski definition) is 1. The first kappa shape index (κ1) is 11.6. The molecular formula is C15H18N2. The molecule has 1 heterocycles. The van der Waals surface area contributed by atoms with Crippen molar-refractivity contribution in [1.29, 1.82) is 0 Å². The molecule has 2 heteroatoms. The number of nitrogen functional groups attached to an aromatic ring is 1. The SMILES string of the molecule is CCc1ccc(CC)c(-c2cncc(N)c2)c1. The maximum absolute atomic E-state index is 5.80. The summed E-state index contributed by atoms with van der Waals surface area (Å²) >= 11 is 0. The van der Waals surface area contributed by atoms with E-state index in [0.717, 1.165) is 18.4 Å². The van der Waals surface area contributed by atoms with E-state index < -0.39 is 0 Å². The molecule has 0 saturated heterocycles. The highest BCUT2D eigenvalue weighted by Crippen LogP contribution is 2.26. The van der Waals surface area contributed by atoms with Crippen LogP contribution in [0.4, 0.5) is 5.69 Å². The summed E-state index contributed by atoms with van der Waals surface area (Å²) in [5.41, 5.74) is 11.6. The van der Waals surface area contributed by atoms with Crippen LogP contribution in [0.15, 0.2) is 36.7 Å². The highest BCUT2D eigenvalue weighted by atomic mass is 14.7. The second-order valence-electron chi connectivity index (χ2n) is 4.21. The van der Waals surface area contributed by atoms with Gasteiger partial charge in [0.2, 0.25) is 0 Å². The highest BCUT2D eigenvalue weighted by Gasteiger charge is 2.05. The van der Waals surface area contributed by atoms with Crippen LogP contribution in [0.5, 0.6) is 0 Å². The van der Waals surface area contributed by atoms with Gasteiger partial charge in [-0.05, 0) is 35.6 Å². The van der Waals surface area contributed by atoms with Gasteiger partial charge >= 0.3 is 0 Å². The molecule has 2 nitrogen and oxygen atoms in total. The fourth-order valence-corrected chi connectivity index (χ4v) is 2.03. The number of rotatable bonds is 3. The second kappa shape index (κ2) is 5.00. The number of pyridine rings is 1. The fraction of sp³-hybridized carbons (Fsp3) is 0.267. The Bertz CT molecular complexity index is 518. The smallest absolute Gasteiger partial charge is 0.0506 e. The van der Waals surface area contributed by atoms with E-state index in [4.69, 9.17) is 5.73 Å². The lowest BCUT2D eigenvalue weighted by molar-refractivity contribution is 1.10. The molecule has 0 aliphatic carbocycles. The maximum atomic E-state index is 5.80. The van der Waals surface area contributed by atoms with E-state index in [-0.39, 0.29) is 0 Å². The Morgan fingerprint density at radius 3 is 2.53 bits per heavy atom. The first-order chi connectivity index (χ1) is 8.24. The van der Waals surface area contributed by atoms with Crippen molar-refractivity contribution in [2.24, 2.45) is 0 Å². The molecule has 88 valence electrons. The summed E-state index contributed by atoms with van der Waals surface area (Å²) in [6.45, 7) is 4.34. The minimum absolute atomic E-state index is 0.714. The normalized spacial score (nSPS) is 10.5. The van der Waals surface area contributed by atoms with Gasteiger partial charge in [0, 0.05) is 18.0 Å². The van der Waals surface area contributed by atoms with Crippen molar-refractivity contribution in [3.05, 3.63) is 47.8 Å². The molecule has 0 aliphatic heterocycles. The Morgan fingerprint density at radius 1 is 1.06 bits per heavy atom. The largest absolute Gasteiger partial charge is 0.397 e. The Balaban J connectivity index is 2.56. The maximum Gasteiger partial charge on any atom is 0.0506 e. The third-order valence-electron chi connectivity index (χ3n) is 3.03. The summed E-state index contributed by atoms with van der Waals surface area (Å²) in [6.07, 6.45) is 5.63. The lowest BCUT2D eigenvalue weighted by Crippen LogP contribution is -1.93. The average molecular weight is 226 g/mol. The quantitative estimate of drug-likeness (QED) is 0.870. The predicted octanol–water partition coefficient (Wildman–Crippen LogP) is 3.46. The van der Waals surface area contributed by atoms with Crippen LogP contribution in [0.1, 0.15) is 25.0 Å². The molecule has 0 amide bonds. The van der Waals surface area contributed by atoms with Gasteiger partial charge in [-0.15, -0.1) is 0 Å². The molecule has 2 rings (SSSR count). The highest BCUT2D eigenvalue weighted by molar-refractivity contribution is 5.70. The summed E-state index contributed by atoms with van der Waals surface area (Å²) in [5.74, 6) is 0. The van der Waals surface area contributed by atoms with E-state index in [1.54, 1.807) is 6.20 Å². The van der Waals surface area contributed by atoms with Crippen molar-refractivity contribution in [2.45, 2.75) is 26.7 Å². The van der Waals surface area contributed by atoms with Gasteiger partial charge in [0.05, 0.1) is 5.69 Å². The van der Waals surface area contributed by atoms with Gasteiger partial charge in [-0.25, -0.2) is 0 Å². The Kier molecular flexibility index (Phi) is 3.43. The van der Waals surface area contributed by atoms with Crippen molar-refractivity contribution in [2.75, 3.05) is 5.73 Å². The van der Waals surface area contributed by atoms with Gasteiger partial charge in [0.1, 0.15) is 0 Å². The number of benzene rings is 1. The minimum Gasteiger partial charge on any atom is -0.397 e. The molecule has 0 saturated carbocycles. The molecule has 0 fully saturated rings. The molecule has 0 radical (unpaired) electrons. The topological polar surface area (TPSA) is 38.9 Å². The van der Waals surface area contributed by atoms with Crippen molar-refractivity contribution < 1.29 is 0 Å². The molecule has 0 atom stereocenters. The van der Waals surface area contributed by atoms with Gasteiger partial charge in [-0.2, -0.15) is 0 Å². The zero-order valence-corrected chi connectivity index (χ0v) is 10.4. The van der Waals surface area contributed by atoms with Crippen molar-refractivity contribution in [3.63, 3.8) is 0 Å². The van der Waals surface area contributed by atoms with Crippen molar-refractivity contribution >= 4 is 5.69 Å².